The Bertz CT molecular complexity index is 1210. The lowest BCUT2D eigenvalue weighted by Crippen LogP contribution is -2.14. The minimum Gasteiger partial charge on any atom is -0.495 e. The molecule has 0 aliphatic rings. The summed E-state index contributed by atoms with van der Waals surface area (Å²) >= 11 is 3.39. The number of nitrogens with one attached hydrogen (secondary N) is 2. The van der Waals surface area contributed by atoms with Crippen LogP contribution in [0.1, 0.15) is 21.1 Å². The van der Waals surface area contributed by atoms with Gasteiger partial charge in [0.2, 0.25) is 0 Å². The van der Waals surface area contributed by atoms with Gasteiger partial charge in [0.15, 0.2) is 11.5 Å². The molecule has 2 N–H and O–H groups in total. The Morgan fingerprint density at radius 1 is 0.903 bits per heavy atom. The first-order chi connectivity index (χ1) is 15.0. The third-order valence-corrected chi connectivity index (χ3v) is 4.94. The van der Waals surface area contributed by atoms with Crippen LogP contribution in [0.15, 0.2) is 86.3 Å². The summed E-state index contributed by atoms with van der Waals surface area (Å²) in [4.78, 5) is 24.9. The lowest BCUT2D eigenvalue weighted by molar-refractivity contribution is 0.0990. The summed E-state index contributed by atoms with van der Waals surface area (Å²) in [5.41, 5.74) is 1.70. The Morgan fingerprint density at radius 2 is 1.68 bits per heavy atom. The van der Waals surface area contributed by atoms with Crippen LogP contribution in [0.25, 0.3) is 11.3 Å². The van der Waals surface area contributed by atoms with Gasteiger partial charge in [0, 0.05) is 15.7 Å². The lowest BCUT2D eigenvalue weighted by atomic mass is 10.2. The summed E-state index contributed by atoms with van der Waals surface area (Å²) < 4.78 is 17.1. The van der Waals surface area contributed by atoms with E-state index in [2.05, 4.69) is 26.6 Å². The first-order valence-electron chi connectivity index (χ1n) is 9.23. The van der Waals surface area contributed by atoms with Crippen molar-refractivity contribution in [2.24, 2.45) is 0 Å². The molecule has 4 aromatic rings. The van der Waals surface area contributed by atoms with E-state index in [0.29, 0.717) is 22.9 Å². The first kappa shape index (κ1) is 20.5. The van der Waals surface area contributed by atoms with Gasteiger partial charge in [0.1, 0.15) is 11.5 Å². The van der Waals surface area contributed by atoms with Gasteiger partial charge in [-0.15, -0.1) is 0 Å². The van der Waals surface area contributed by atoms with Crippen LogP contribution in [-0.2, 0) is 0 Å². The monoisotopic (exact) mass is 480 g/mol. The van der Waals surface area contributed by atoms with Crippen LogP contribution in [-0.4, -0.2) is 18.9 Å². The third-order valence-electron chi connectivity index (χ3n) is 4.41. The van der Waals surface area contributed by atoms with Crippen molar-refractivity contribution in [2.75, 3.05) is 17.7 Å². The van der Waals surface area contributed by atoms with Gasteiger partial charge in [-0.1, -0.05) is 28.1 Å². The molecule has 0 saturated heterocycles. The van der Waals surface area contributed by atoms with Gasteiger partial charge in [-0.3, -0.25) is 9.59 Å². The van der Waals surface area contributed by atoms with Crippen LogP contribution in [0.5, 0.6) is 5.75 Å². The van der Waals surface area contributed by atoms with Crippen LogP contribution in [0.3, 0.4) is 0 Å². The molecule has 2 heterocycles. The molecular weight excluding hydrogens is 464 g/mol. The van der Waals surface area contributed by atoms with Gasteiger partial charge >= 0.3 is 0 Å². The maximum atomic E-state index is 12.7. The molecule has 8 heteroatoms. The molecule has 0 unspecified atom stereocenters. The van der Waals surface area contributed by atoms with Gasteiger partial charge in [0.05, 0.1) is 19.1 Å². The Labute approximate surface area is 186 Å². The summed E-state index contributed by atoms with van der Waals surface area (Å²) in [6.45, 7) is 0. The van der Waals surface area contributed by atoms with Crippen LogP contribution in [0.2, 0.25) is 0 Å². The zero-order valence-electron chi connectivity index (χ0n) is 16.3. The van der Waals surface area contributed by atoms with Crippen LogP contribution < -0.4 is 15.4 Å². The van der Waals surface area contributed by atoms with Crippen molar-refractivity contribution in [3.8, 4) is 17.1 Å². The van der Waals surface area contributed by atoms with E-state index in [0.717, 1.165) is 10.0 Å². The van der Waals surface area contributed by atoms with Crippen molar-refractivity contribution in [3.05, 3.63) is 89.0 Å². The average molecular weight is 481 g/mol. The summed E-state index contributed by atoms with van der Waals surface area (Å²) in [5.74, 6) is 0.476. The molecule has 0 bridgehead atoms. The van der Waals surface area contributed by atoms with E-state index >= 15 is 0 Å². The summed E-state index contributed by atoms with van der Waals surface area (Å²) in [5, 5.41) is 5.47. The van der Waals surface area contributed by atoms with Crippen molar-refractivity contribution in [3.63, 3.8) is 0 Å². The molecule has 2 aromatic heterocycles. The SMILES string of the molecule is COc1ccc(NC(=O)c2ccco2)cc1NC(=O)c1ccc(-c2ccc(Br)cc2)o1. The Hall–Kier alpha value is -3.78. The minimum atomic E-state index is -0.448. The molecule has 2 amide bonds. The number of methoxy groups -OCH3 is 1. The number of anilines is 2. The van der Waals surface area contributed by atoms with Crippen molar-refractivity contribution in [1.82, 2.24) is 0 Å². The molecule has 2 aromatic carbocycles. The highest BCUT2D eigenvalue weighted by atomic mass is 79.9. The molecule has 0 spiro atoms. The van der Waals surface area contributed by atoms with E-state index in [1.54, 1.807) is 42.5 Å². The van der Waals surface area contributed by atoms with Crippen LogP contribution >= 0.6 is 15.9 Å². The van der Waals surface area contributed by atoms with E-state index < -0.39 is 11.8 Å². The second kappa shape index (κ2) is 8.93. The van der Waals surface area contributed by atoms with Gasteiger partial charge in [-0.25, -0.2) is 0 Å². The number of benzene rings is 2. The maximum absolute atomic E-state index is 12.7. The molecule has 156 valence electrons. The molecule has 4 rings (SSSR count). The first-order valence-corrected chi connectivity index (χ1v) is 10.0. The molecule has 0 aliphatic heterocycles. The molecular formula is C23H17BrN2O5. The number of ether oxygens (including phenoxy) is 1. The maximum Gasteiger partial charge on any atom is 0.291 e. The summed E-state index contributed by atoms with van der Waals surface area (Å²) in [6.07, 6.45) is 1.42. The standard InChI is InChI=1S/C23H17BrN2O5/c1-29-19-9-8-16(25-22(27)20-3-2-12-30-20)13-17(19)26-23(28)21-11-10-18(31-21)14-4-6-15(24)7-5-14/h2-13H,1H3,(H,25,27)(H,26,28). The highest BCUT2D eigenvalue weighted by molar-refractivity contribution is 9.10. The highest BCUT2D eigenvalue weighted by Crippen LogP contribution is 2.30. The van der Waals surface area contributed by atoms with Crippen molar-refractivity contribution in [2.45, 2.75) is 0 Å². The zero-order valence-corrected chi connectivity index (χ0v) is 17.9. The number of furan rings is 2. The fourth-order valence-corrected chi connectivity index (χ4v) is 3.16. The van der Waals surface area contributed by atoms with Crippen LogP contribution in [0, 0.1) is 0 Å². The molecule has 0 radical (unpaired) electrons. The van der Waals surface area contributed by atoms with Gasteiger partial charge in [-0.2, -0.15) is 0 Å². The quantitative estimate of drug-likeness (QED) is 0.362. The fraction of sp³-hybridized carbons (Fsp3) is 0.0435. The lowest BCUT2D eigenvalue weighted by Gasteiger charge is -2.12. The predicted molar refractivity (Wildman–Crippen MR) is 119 cm³/mol. The molecule has 0 fully saturated rings. The zero-order chi connectivity index (χ0) is 21.8. The van der Waals surface area contributed by atoms with Gasteiger partial charge < -0.3 is 24.2 Å². The molecule has 31 heavy (non-hydrogen) atoms. The highest BCUT2D eigenvalue weighted by Gasteiger charge is 2.16. The Kier molecular flexibility index (Phi) is 5.90. The Balaban J connectivity index is 1.52. The topological polar surface area (TPSA) is 93.7 Å². The summed E-state index contributed by atoms with van der Waals surface area (Å²) in [6, 6.07) is 19.0. The Morgan fingerprint density at radius 3 is 2.39 bits per heavy atom. The predicted octanol–water partition coefficient (Wildman–Crippen LogP) is 5.82. The van der Waals surface area contributed by atoms with Crippen molar-refractivity contribution in [1.29, 1.82) is 0 Å². The summed E-state index contributed by atoms with van der Waals surface area (Å²) in [7, 11) is 1.49. The van der Waals surface area contributed by atoms with E-state index in [4.69, 9.17) is 13.6 Å². The van der Waals surface area contributed by atoms with Crippen molar-refractivity contribution < 1.29 is 23.2 Å². The minimum absolute atomic E-state index is 0.144. The molecule has 0 atom stereocenters. The molecule has 0 aliphatic carbocycles. The number of halogens is 1. The average Bonchev–Trinajstić information content (AvgIpc) is 3.47. The van der Waals surface area contributed by atoms with Gasteiger partial charge in [0.25, 0.3) is 11.8 Å². The van der Waals surface area contributed by atoms with E-state index in [9.17, 15) is 9.59 Å². The number of hydrogen-bond acceptors (Lipinski definition) is 5. The largest absolute Gasteiger partial charge is 0.495 e. The van der Waals surface area contributed by atoms with E-state index in [1.165, 1.54) is 13.4 Å². The van der Waals surface area contributed by atoms with Gasteiger partial charge in [-0.05, 0) is 54.6 Å². The number of carbonyl (C=O) groups is 2. The fourth-order valence-electron chi connectivity index (χ4n) is 2.90. The third kappa shape index (κ3) is 4.70. The van der Waals surface area contributed by atoms with E-state index in [1.807, 2.05) is 24.3 Å². The molecule has 0 saturated carbocycles. The number of rotatable bonds is 6. The smallest absolute Gasteiger partial charge is 0.291 e. The molecule has 7 nitrogen and oxygen atoms in total. The number of hydrogen-bond donors (Lipinski definition) is 2. The normalized spacial score (nSPS) is 10.5. The van der Waals surface area contributed by atoms with Crippen molar-refractivity contribution >= 4 is 39.1 Å². The number of carbonyl (C=O) groups excluding carboxylic acids is 2. The van der Waals surface area contributed by atoms with E-state index in [-0.39, 0.29) is 11.5 Å². The second-order valence-corrected chi connectivity index (χ2v) is 7.39. The number of amides is 2. The second-order valence-electron chi connectivity index (χ2n) is 6.47. The van der Waals surface area contributed by atoms with Crippen LogP contribution in [0.4, 0.5) is 11.4 Å².